The van der Waals surface area contributed by atoms with Crippen molar-refractivity contribution in [2.24, 2.45) is 5.73 Å². The van der Waals surface area contributed by atoms with Gasteiger partial charge in [0.2, 0.25) is 0 Å². The lowest BCUT2D eigenvalue weighted by molar-refractivity contribution is 0.211. The summed E-state index contributed by atoms with van der Waals surface area (Å²) in [4.78, 5) is 21.2. The Hall–Kier alpha value is -2.86. The van der Waals surface area contributed by atoms with Crippen molar-refractivity contribution >= 4 is 17.1 Å². The van der Waals surface area contributed by atoms with E-state index in [9.17, 15) is 4.79 Å². The zero-order valence-electron chi connectivity index (χ0n) is 14.5. The lowest BCUT2D eigenvalue weighted by Crippen LogP contribution is -2.21. The third-order valence-electron chi connectivity index (χ3n) is 4.21. The van der Waals surface area contributed by atoms with Crippen molar-refractivity contribution in [2.75, 3.05) is 13.1 Å². The van der Waals surface area contributed by atoms with Gasteiger partial charge in [0.05, 0.1) is 5.52 Å². The second-order valence-electron chi connectivity index (χ2n) is 5.82. The molecule has 130 valence electrons. The molecule has 0 aliphatic rings. The predicted octanol–water partition coefficient (Wildman–Crippen LogP) is 3.53. The maximum Gasteiger partial charge on any atom is 0.410 e. The Morgan fingerprint density at radius 3 is 2.52 bits per heavy atom. The average molecular weight is 338 g/mol. The Bertz CT molecular complexity index is 867. The van der Waals surface area contributed by atoms with Crippen molar-refractivity contribution < 1.29 is 9.53 Å². The first-order valence-corrected chi connectivity index (χ1v) is 8.38. The SMILES string of the molecule is CCN(CC)Cc1ccc(-c2nc3c(OC(N)=O)cccc3[nH]2)cc1. The number of nitrogens with zero attached hydrogens (tertiary/aromatic N) is 2. The number of carbonyl (C=O) groups excluding carboxylic acids is 1. The minimum Gasteiger partial charge on any atom is -0.408 e. The molecule has 1 amide bonds. The number of amides is 1. The van der Waals surface area contributed by atoms with Gasteiger partial charge in [0.1, 0.15) is 11.3 Å². The Balaban J connectivity index is 1.88. The molecule has 0 saturated heterocycles. The van der Waals surface area contributed by atoms with Crippen LogP contribution in [0.2, 0.25) is 0 Å². The van der Waals surface area contributed by atoms with E-state index >= 15 is 0 Å². The Labute approximate surface area is 146 Å². The van der Waals surface area contributed by atoms with Gasteiger partial charge >= 0.3 is 6.09 Å². The quantitative estimate of drug-likeness (QED) is 0.720. The van der Waals surface area contributed by atoms with Crippen molar-refractivity contribution in [3.8, 4) is 17.1 Å². The van der Waals surface area contributed by atoms with Crippen LogP contribution in [0.15, 0.2) is 42.5 Å². The summed E-state index contributed by atoms with van der Waals surface area (Å²) in [6, 6.07) is 13.7. The van der Waals surface area contributed by atoms with Gasteiger partial charge in [-0.25, -0.2) is 9.78 Å². The molecular formula is C19H22N4O2. The molecule has 0 bridgehead atoms. The molecule has 1 heterocycles. The highest BCUT2D eigenvalue weighted by molar-refractivity contribution is 5.87. The van der Waals surface area contributed by atoms with E-state index in [2.05, 4.69) is 40.8 Å². The Morgan fingerprint density at radius 1 is 1.16 bits per heavy atom. The molecule has 0 atom stereocenters. The van der Waals surface area contributed by atoms with E-state index in [1.165, 1.54) is 5.56 Å². The highest BCUT2D eigenvalue weighted by atomic mass is 16.5. The van der Waals surface area contributed by atoms with Gasteiger partial charge in [-0.15, -0.1) is 0 Å². The normalized spacial score (nSPS) is 11.2. The molecule has 0 spiro atoms. The number of nitrogens with two attached hydrogens (primary N) is 1. The van der Waals surface area contributed by atoms with Gasteiger partial charge in [-0.2, -0.15) is 0 Å². The Kier molecular flexibility index (Phi) is 5.00. The lowest BCUT2D eigenvalue weighted by atomic mass is 10.1. The number of imidazole rings is 1. The number of primary amides is 1. The average Bonchev–Trinajstić information content (AvgIpc) is 3.05. The van der Waals surface area contributed by atoms with E-state index in [1.807, 2.05) is 18.2 Å². The number of aromatic amines is 1. The number of aromatic nitrogens is 2. The van der Waals surface area contributed by atoms with Crippen LogP contribution in [0.1, 0.15) is 19.4 Å². The van der Waals surface area contributed by atoms with Crippen LogP contribution >= 0.6 is 0 Å². The summed E-state index contributed by atoms with van der Waals surface area (Å²) >= 11 is 0. The van der Waals surface area contributed by atoms with Crippen LogP contribution in [-0.2, 0) is 6.54 Å². The third-order valence-corrected chi connectivity index (χ3v) is 4.21. The molecule has 3 N–H and O–H groups in total. The summed E-state index contributed by atoms with van der Waals surface area (Å²) in [6.45, 7) is 7.33. The van der Waals surface area contributed by atoms with Gasteiger partial charge in [-0.05, 0) is 30.8 Å². The highest BCUT2D eigenvalue weighted by Gasteiger charge is 2.11. The van der Waals surface area contributed by atoms with Crippen LogP contribution in [-0.4, -0.2) is 34.1 Å². The predicted molar refractivity (Wildman–Crippen MR) is 98.4 cm³/mol. The van der Waals surface area contributed by atoms with Gasteiger partial charge in [-0.1, -0.05) is 44.2 Å². The van der Waals surface area contributed by atoms with E-state index in [1.54, 1.807) is 12.1 Å². The van der Waals surface area contributed by atoms with E-state index in [0.717, 1.165) is 36.5 Å². The first kappa shape index (κ1) is 17.0. The summed E-state index contributed by atoms with van der Waals surface area (Å²) in [6.07, 6.45) is -0.849. The number of H-pyrrole nitrogens is 1. The number of nitrogens with one attached hydrogen (secondary N) is 1. The van der Waals surface area contributed by atoms with Gasteiger partial charge < -0.3 is 15.5 Å². The van der Waals surface area contributed by atoms with Gasteiger partial charge in [0, 0.05) is 12.1 Å². The van der Waals surface area contributed by atoms with Crippen molar-refractivity contribution in [1.29, 1.82) is 0 Å². The third kappa shape index (κ3) is 3.80. The minimum atomic E-state index is -0.849. The zero-order chi connectivity index (χ0) is 17.8. The van der Waals surface area contributed by atoms with Crippen LogP contribution < -0.4 is 10.5 Å². The molecule has 0 saturated carbocycles. The molecule has 6 heteroatoms. The molecule has 3 aromatic rings. The molecule has 0 aliphatic heterocycles. The van der Waals surface area contributed by atoms with Crippen molar-refractivity contribution in [1.82, 2.24) is 14.9 Å². The molecule has 25 heavy (non-hydrogen) atoms. The molecule has 0 aliphatic carbocycles. The van der Waals surface area contributed by atoms with Crippen LogP contribution in [0.4, 0.5) is 4.79 Å². The Morgan fingerprint density at radius 2 is 1.88 bits per heavy atom. The fourth-order valence-electron chi connectivity index (χ4n) is 2.81. The molecule has 0 unspecified atom stereocenters. The van der Waals surface area contributed by atoms with E-state index in [4.69, 9.17) is 10.5 Å². The number of hydrogen-bond donors (Lipinski definition) is 2. The van der Waals surface area contributed by atoms with E-state index in [0.29, 0.717) is 11.3 Å². The monoisotopic (exact) mass is 338 g/mol. The van der Waals surface area contributed by atoms with Crippen LogP contribution in [0, 0.1) is 0 Å². The standard InChI is InChI=1S/C19H22N4O2/c1-3-23(4-2)12-13-8-10-14(11-9-13)18-21-15-6-5-7-16(17(15)22-18)25-19(20)24/h5-11H,3-4,12H2,1-2H3,(H2,20,24)(H,21,22). The summed E-state index contributed by atoms with van der Waals surface area (Å²) < 4.78 is 5.02. The topological polar surface area (TPSA) is 84.2 Å². The first-order chi connectivity index (χ1) is 12.1. The number of hydrogen-bond acceptors (Lipinski definition) is 4. The number of para-hydroxylation sites is 1. The maximum absolute atomic E-state index is 11.0. The molecule has 0 fully saturated rings. The zero-order valence-corrected chi connectivity index (χ0v) is 14.5. The molecule has 0 radical (unpaired) electrons. The van der Waals surface area contributed by atoms with Crippen LogP contribution in [0.25, 0.3) is 22.4 Å². The van der Waals surface area contributed by atoms with Gasteiger partial charge in [0.25, 0.3) is 0 Å². The first-order valence-electron chi connectivity index (χ1n) is 8.38. The number of ether oxygens (including phenoxy) is 1. The number of benzene rings is 2. The smallest absolute Gasteiger partial charge is 0.408 e. The maximum atomic E-state index is 11.0. The van der Waals surface area contributed by atoms with Crippen molar-refractivity contribution in [3.63, 3.8) is 0 Å². The lowest BCUT2D eigenvalue weighted by Gasteiger charge is -2.17. The number of carbonyl (C=O) groups is 1. The van der Waals surface area contributed by atoms with Gasteiger partial charge in [-0.3, -0.25) is 4.90 Å². The highest BCUT2D eigenvalue weighted by Crippen LogP contribution is 2.27. The number of rotatable bonds is 6. The fraction of sp³-hybridized carbons (Fsp3) is 0.263. The van der Waals surface area contributed by atoms with Crippen molar-refractivity contribution in [3.05, 3.63) is 48.0 Å². The second-order valence-corrected chi connectivity index (χ2v) is 5.82. The summed E-state index contributed by atoms with van der Waals surface area (Å²) in [5.74, 6) is 1.08. The van der Waals surface area contributed by atoms with Crippen molar-refractivity contribution in [2.45, 2.75) is 20.4 Å². The summed E-state index contributed by atoms with van der Waals surface area (Å²) in [7, 11) is 0. The van der Waals surface area contributed by atoms with E-state index < -0.39 is 6.09 Å². The fourth-order valence-corrected chi connectivity index (χ4v) is 2.81. The summed E-state index contributed by atoms with van der Waals surface area (Å²) in [5.41, 5.74) is 8.73. The number of fused-ring (bicyclic) bond motifs is 1. The molecule has 6 nitrogen and oxygen atoms in total. The largest absolute Gasteiger partial charge is 0.410 e. The molecule has 1 aromatic heterocycles. The molecule has 3 rings (SSSR count). The van der Waals surface area contributed by atoms with Gasteiger partial charge in [0.15, 0.2) is 5.75 Å². The molecular weight excluding hydrogens is 316 g/mol. The minimum absolute atomic E-state index is 0.352. The molecule has 2 aromatic carbocycles. The summed E-state index contributed by atoms with van der Waals surface area (Å²) in [5, 5.41) is 0. The van der Waals surface area contributed by atoms with Crippen LogP contribution in [0.5, 0.6) is 5.75 Å². The van der Waals surface area contributed by atoms with E-state index in [-0.39, 0.29) is 0 Å². The second kappa shape index (κ2) is 7.36. The van der Waals surface area contributed by atoms with Crippen LogP contribution in [0.3, 0.4) is 0 Å².